The first kappa shape index (κ1) is 17.0. The summed E-state index contributed by atoms with van der Waals surface area (Å²) >= 11 is 0. The largest absolute Gasteiger partial charge is 0.248 e. The SMILES string of the molecule is Cl.N#Cc1ccc2cc3nc4ccccc4c(-c4ccccc4)c3cc2c1. The van der Waals surface area contributed by atoms with E-state index < -0.39 is 0 Å². The third kappa shape index (κ3) is 2.79. The van der Waals surface area contributed by atoms with E-state index >= 15 is 0 Å². The minimum absolute atomic E-state index is 0. The number of nitrogens with zero attached hydrogens (tertiary/aromatic N) is 2. The van der Waals surface area contributed by atoms with Crippen LogP contribution in [0.3, 0.4) is 0 Å². The fourth-order valence-corrected chi connectivity index (χ4v) is 3.62. The van der Waals surface area contributed by atoms with Crippen LogP contribution < -0.4 is 0 Å². The highest BCUT2D eigenvalue weighted by atomic mass is 35.5. The van der Waals surface area contributed by atoms with E-state index in [9.17, 15) is 5.26 Å². The van der Waals surface area contributed by atoms with E-state index in [1.165, 1.54) is 11.1 Å². The van der Waals surface area contributed by atoms with E-state index in [1.807, 2.05) is 30.3 Å². The third-order valence-electron chi connectivity index (χ3n) is 4.83. The van der Waals surface area contributed by atoms with Gasteiger partial charge in [0.2, 0.25) is 0 Å². The molecule has 0 aliphatic carbocycles. The highest BCUT2D eigenvalue weighted by molar-refractivity contribution is 6.12. The van der Waals surface area contributed by atoms with Gasteiger partial charge in [-0.25, -0.2) is 4.98 Å². The smallest absolute Gasteiger partial charge is 0.0991 e. The summed E-state index contributed by atoms with van der Waals surface area (Å²) < 4.78 is 0. The Kier molecular flexibility index (Phi) is 4.24. The number of nitriles is 1. The van der Waals surface area contributed by atoms with Gasteiger partial charge in [0.15, 0.2) is 0 Å². The van der Waals surface area contributed by atoms with Crippen molar-refractivity contribution in [3.8, 4) is 17.2 Å². The molecule has 0 N–H and O–H groups in total. The Balaban J connectivity index is 0.00000180. The van der Waals surface area contributed by atoms with Crippen LogP contribution in [-0.4, -0.2) is 4.98 Å². The van der Waals surface area contributed by atoms with Crippen LogP contribution in [0, 0.1) is 11.3 Å². The fourth-order valence-electron chi connectivity index (χ4n) is 3.62. The van der Waals surface area contributed by atoms with Crippen LogP contribution in [0.15, 0.2) is 84.9 Å². The predicted molar refractivity (Wildman–Crippen MR) is 114 cm³/mol. The third-order valence-corrected chi connectivity index (χ3v) is 4.83. The molecule has 0 saturated heterocycles. The number of hydrogen-bond acceptors (Lipinski definition) is 2. The molecule has 0 bridgehead atoms. The van der Waals surface area contributed by atoms with E-state index in [4.69, 9.17) is 4.98 Å². The van der Waals surface area contributed by atoms with Gasteiger partial charge in [0.25, 0.3) is 0 Å². The number of pyridine rings is 1. The standard InChI is InChI=1S/C24H14N2.ClH/c25-15-16-10-11-18-14-23-21(13-19(18)12-16)24(17-6-2-1-3-7-17)20-8-4-5-9-22(20)26-23;/h1-14H;1H. The maximum atomic E-state index is 9.22. The van der Waals surface area contributed by atoms with Gasteiger partial charge < -0.3 is 0 Å². The molecule has 4 aromatic carbocycles. The van der Waals surface area contributed by atoms with Crippen molar-refractivity contribution in [2.24, 2.45) is 0 Å². The molecule has 2 nitrogen and oxygen atoms in total. The molecule has 0 aliphatic heterocycles. The van der Waals surface area contributed by atoms with Gasteiger partial charge in [-0.15, -0.1) is 12.4 Å². The zero-order valence-electron chi connectivity index (χ0n) is 14.4. The Morgan fingerprint density at radius 3 is 2.26 bits per heavy atom. The lowest BCUT2D eigenvalue weighted by atomic mass is 9.94. The lowest BCUT2D eigenvalue weighted by Crippen LogP contribution is -1.90. The molecule has 3 heteroatoms. The Morgan fingerprint density at radius 1 is 0.667 bits per heavy atom. The van der Waals surface area contributed by atoms with Crippen LogP contribution in [0.1, 0.15) is 5.56 Å². The summed E-state index contributed by atoms with van der Waals surface area (Å²) in [5.74, 6) is 0. The normalized spacial score (nSPS) is 10.6. The van der Waals surface area contributed by atoms with Gasteiger partial charge in [0.05, 0.1) is 22.7 Å². The van der Waals surface area contributed by atoms with Crippen molar-refractivity contribution < 1.29 is 0 Å². The zero-order chi connectivity index (χ0) is 17.5. The Hall–Kier alpha value is -3.41. The molecule has 5 aromatic rings. The maximum Gasteiger partial charge on any atom is 0.0991 e. The summed E-state index contributed by atoms with van der Waals surface area (Å²) in [6.07, 6.45) is 0. The Bertz CT molecular complexity index is 1340. The second kappa shape index (κ2) is 6.72. The van der Waals surface area contributed by atoms with Crippen molar-refractivity contribution in [1.82, 2.24) is 4.98 Å². The molecule has 0 saturated carbocycles. The molecular formula is C24H15ClN2. The number of fused-ring (bicyclic) bond motifs is 3. The van der Waals surface area contributed by atoms with Crippen molar-refractivity contribution in [1.29, 1.82) is 5.26 Å². The highest BCUT2D eigenvalue weighted by Gasteiger charge is 2.12. The van der Waals surface area contributed by atoms with Crippen LogP contribution in [0.4, 0.5) is 0 Å². The molecule has 27 heavy (non-hydrogen) atoms. The van der Waals surface area contributed by atoms with Crippen LogP contribution in [0.5, 0.6) is 0 Å². The van der Waals surface area contributed by atoms with E-state index in [2.05, 4.69) is 60.7 Å². The quantitative estimate of drug-likeness (QED) is 0.317. The lowest BCUT2D eigenvalue weighted by Gasteiger charge is -2.12. The van der Waals surface area contributed by atoms with Gasteiger partial charge >= 0.3 is 0 Å². The number of para-hydroxylation sites is 1. The van der Waals surface area contributed by atoms with Crippen molar-refractivity contribution in [3.05, 3.63) is 90.5 Å². The zero-order valence-corrected chi connectivity index (χ0v) is 15.2. The van der Waals surface area contributed by atoms with Crippen LogP contribution in [0.2, 0.25) is 0 Å². The number of halogens is 1. The molecular weight excluding hydrogens is 352 g/mol. The first-order valence-electron chi connectivity index (χ1n) is 8.55. The average Bonchev–Trinajstić information content (AvgIpc) is 2.70. The van der Waals surface area contributed by atoms with Crippen molar-refractivity contribution in [2.45, 2.75) is 0 Å². The summed E-state index contributed by atoms with van der Waals surface area (Å²) in [6, 6.07) is 31.0. The molecule has 0 amide bonds. The van der Waals surface area contributed by atoms with E-state index in [1.54, 1.807) is 0 Å². The van der Waals surface area contributed by atoms with E-state index in [0.29, 0.717) is 5.56 Å². The summed E-state index contributed by atoms with van der Waals surface area (Å²) in [5, 5.41) is 13.6. The van der Waals surface area contributed by atoms with Crippen molar-refractivity contribution in [3.63, 3.8) is 0 Å². The molecule has 0 spiro atoms. The molecule has 0 atom stereocenters. The molecule has 0 fully saturated rings. The molecule has 0 radical (unpaired) electrons. The summed E-state index contributed by atoms with van der Waals surface area (Å²) in [7, 11) is 0. The second-order valence-electron chi connectivity index (χ2n) is 6.41. The molecule has 0 aliphatic rings. The topological polar surface area (TPSA) is 36.7 Å². The second-order valence-corrected chi connectivity index (χ2v) is 6.41. The number of benzene rings is 4. The van der Waals surface area contributed by atoms with Gasteiger partial charge in [-0.3, -0.25) is 0 Å². The molecule has 1 aromatic heterocycles. The lowest BCUT2D eigenvalue weighted by molar-refractivity contribution is 1.49. The summed E-state index contributed by atoms with van der Waals surface area (Å²) in [4.78, 5) is 4.89. The first-order chi connectivity index (χ1) is 12.8. The van der Waals surface area contributed by atoms with Crippen LogP contribution >= 0.6 is 12.4 Å². The van der Waals surface area contributed by atoms with E-state index in [0.717, 1.165) is 32.6 Å². The molecule has 0 unspecified atom stereocenters. The number of hydrogen-bond donors (Lipinski definition) is 0. The Morgan fingerprint density at radius 2 is 1.44 bits per heavy atom. The highest BCUT2D eigenvalue weighted by Crippen LogP contribution is 2.36. The van der Waals surface area contributed by atoms with Gasteiger partial charge in [-0.2, -0.15) is 5.26 Å². The molecule has 128 valence electrons. The molecule has 5 rings (SSSR count). The van der Waals surface area contributed by atoms with Crippen LogP contribution in [0.25, 0.3) is 43.7 Å². The monoisotopic (exact) mass is 366 g/mol. The van der Waals surface area contributed by atoms with Gasteiger partial charge in [-0.05, 0) is 46.7 Å². The van der Waals surface area contributed by atoms with Gasteiger partial charge in [0, 0.05) is 16.3 Å². The summed E-state index contributed by atoms with van der Waals surface area (Å²) in [5.41, 5.74) is 5.00. The Labute approximate surface area is 163 Å². The predicted octanol–water partition coefficient (Wildman–Crippen LogP) is 6.50. The van der Waals surface area contributed by atoms with Crippen LogP contribution in [-0.2, 0) is 0 Å². The molecule has 1 heterocycles. The van der Waals surface area contributed by atoms with E-state index in [-0.39, 0.29) is 12.4 Å². The van der Waals surface area contributed by atoms with Crippen molar-refractivity contribution >= 4 is 45.0 Å². The number of rotatable bonds is 1. The minimum Gasteiger partial charge on any atom is -0.248 e. The minimum atomic E-state index is 0. The summed E-state index contributed by atoms with van der Waals surface area (Å²) in [6.45, 7) is 0. The average molecular weight is 367 g/mol. The first-order valence-corrected chi connectivity index (χ1v) is 8.55. The van der Waals surface area contributed by atoms with Gasteiger partial charge in [-0.1, -0.05) is 54.6 Å². The fraction of sp³-hybridized carbons (Fsp3) is 0. The maximum absolute atomic E-state index is 9.22. The van der Waals surface area contributed by atoms with Gasteiger partial charge in [0.1, 0.15) is 0 Å². The number of aromatic nitrogens is 1. The van der Waals surface area contributed by atoms with Crippen molar-refractivity contribution in [2.75, 3.05) is 0 Å².